The molecule has 1 saturated carbocycles. The molecule has 0 bridgehead atoms. The number of ketones is 1. The smallest absolute Gasteiger partial charge is 0.133 e. The second-order valence-electron chi connectivity index (χ2n) is 4.02. The van der Waals surface area contributed by atoms with Crippen LogP contribution in [0.4, 0.5) is 0 Å². The minimum atomic E-state index is 0.337. The van der Waals surface area contributed by atoms with Crippen LogP contribution in [0.3, 0.4) is 0 Å². The van der Waals surface area contributed by atoms with Crippen molar-refractivity contribution in [2.45, 2.75) is 52.1 Å². The SMILES string of the molecule is CCCCOC1CCC(=O)CC1C. The van der Waals surface area contributed by atoms with Crippen molar-refractivity contribution in [3.05, 3.63) is 0 Å². The maximum atomic E-state index is 11.1. The molecule has 13 heavy (non-hydrogen) atoms. The molecule has 0 spiro atoms. The van der Waals surface area contributed by atoms with E-state index in [0.717, 1.165) is 32.3 Å². The van der Waals surface area contributed by atoms with Gasteiger partial charge in [-0.05, 0) is 18.8 Å². The van der Waals surface area contributed by atoms with Gasteiger partial charge < -0.3 is 4.74 Å². The number of hydrogen-bond donors (Lipinski definition) is 0. The quantitative estimate of drug-likeness (QED) is 0.628. The molecule has 2 nitrogen and oxygen atoms in total. The van der Waals surface area contributed by atoms with Crippen molar-refractivity contribution < 1.29 is 9.53 Å². The van der Waals surface area contributed by atoms with Crippen molar-refractivity contribution in [1.29, 1.82) is 0 Å². The number of unbranched alkanes of at least 4 members (excludes halogenated alkanes) is 1. The summed E-state index contributed by atoms with van der Waals surface area (Å²) in [5, 5.41) is 0. The van der Waals surface area contributed by atoms with E-state index in [1.165, 1.54) is 6.42 Å². The standard InChI is InChI=1S/C11H20O2/c1-3-4-7-13-11-6-5-10(12)8-9(11)2/h9,11H,3-8H2,1-2H3. The van der Waals surface area contributed by atoms with Crippen LogP contribution in [0.25, 0.3) is 0 Å². The van der Waals surface area contributed by atoms with Gasteiger partial charge in [0.25, 0.3) is 0 Å². The molecular weight excluding hydrogens is 164 g/mol. The van der Waals surface area contributed by atoms with E-state index in [1.807, 2.05) is 0 Å². The van der Waals surface area contributed by atoms with E-state index in [1.54, 1.807) is 0 Å². The zero-order valence-corrected chi connectivity index (χ0v) is 8.71. The zero-order chi connectivity index (χ0) is 9.68. The summed E-state index contributed by atoms with van der Waals surface area (Å²) in [6, 6.07) is 0. The van der Waals surface area contributed by atoms with Crippen molar-refractivity contribution in [3.8, 4) is 0 Å². The van der Waals surface area contributed by atoms with Crippen LogP contribution in [0, 0.1) is 5.92 Å². The van der Waals surface area contributed by atoms with Crippen molar-refractivity contribution >= 4 is 5.78 Å². The number of carbonyl (C=O) groups is 1. The van der Waals surface area contributed by atoms with Gasteiger partial charge in [-0.1, -0.05) is 20.3 Å². The summed E-state index contributed by atoms with van der Waals surface area (Å²) in [5.41, 5.74) is 0. The fourth-order valence-corrected chi connectivity index (χ4v) is 1.81. The van der Waals surface area contributed by atoms with Gasteiger partial charge in [-0.25, -0.2) is 0 Å². The van der Waals surface area contributed by atoms with Crippen LogP contribution in [0.5, 0.6) is 0 Å². The molecule has 0 aromatic heterocycles. The molecule has 2 atom stereocenters. The number of rotatable bonds is 4. The maximum absolute atomic E-state index is 11.1. The highest BCUT2D eigenvalue weighted by atomic mass is 16.5. The highest BCUT2D eigenvalue weighted by Gasteiger charge is 2.26. The van der Waals surface area contributed by atoms with Crippen LogP contribution >= 0.6 is 0 Å². The molecular formula is C11H20O2. The molecule has 1 fully saturated rings. The Labute approximate surface area is 80.7 Å². The maximum Gasteiger partial charge on any atom is 0.133 e. The molecule has 0 N–H and O–H groups in total. The predicted molar refractivity (Wildman–Crippen MR) is 52.7 cm³/mol. The number of Topliss-reactive ketones (excluding diaryl/α,β-unsaturated/α-hetero) is 1. The zero-order valence-electron chi connectivity index (χ0n) is 8.71. The van der Waals surface area contributed by atoms with Crippen molar-refractivity contribution in [3.63, 3.8) is 0 Å². The van der Waals surface area contributed by atoms with E-state index in [2.05, 4.69) is 13.8 Å². The Balaban J connectivity index is 2.21. The topological polar surface area (TPSA) is 26.3 Å². The highest BCUT2D eigenvalue weighted by Crippen LogP contribution is 2.24. The summed E-state index contributed by atoms with van der Waals surface area (Å²) in [5.74, 6) is 0.834. The molecule has 76 valence electrons. The summed E-state index contributed by atoms with van der Waals surface area (Å²) in [4.78, 5) is 11.1. The van der Waals surface area contributed by atoms with E-state index < -0.39 is 0 Å². The van der Waals surface area contributed by atoms with Crippen molar-refractivity contribution in [2.75, 3.05) is 6.61 Å². The first-order valence-corrected chi connectivity index (χ1v) is 5.37. The minimum absolute atomic E-state index is 0.337. The number of hydrogen-bond acceptors (Lipinski definition) is 2. The van der Waals surface area contributed by atoms with Crippen LogP contribution in [-0.2, 0) is 9.53 Å². The van der Waals surface area contributed by atoms with Crippen molar-refractivity contribution in [1.82, 2.24) is 0 Å². The third-order valence-corrected chi connectivity index (χ3v) is 2.72. The van der Waals surface area contributed by atoms with Crippen LogP contribution < -0.4 is 0 Å². The van der Waals surface area contributed by atoms with E-state index in [-0.39, 0.29) is 0 Å². The van der Waals surface area contributed by atoms with E-state index in [0.29, 0.717) is 17.8 Å². The Morgan fingerprint density at radius 3 is 2.92 bits per heavy atom. The van der Waals surface area contributed by atoms with Gasteiger partial charge in [0.1, 0.15) is 5.78 Å². The molecule has 1 aliphatic carbocycles. The third kappa shape index (κ3) is 3.47. The second kappa shape index (κ2) is 5.38. The minimum Gasteiger partial charge on any atom is -0.378 e. The van der Waals surface area contributed by atoms with Crippen LogP contribution in [-0.4, -0.2) is 18.5 Å². The van der Waals surface area contributed by atoms with E-state index >= 15 is 0 Å². The van der Waals surface area contributed by atoms with Crippen molar-refractivity contribution in [2.24, 2.45) is 5.92 Å². The lowest BCUT2D eigenvalue weighted by atomic mass is 9.87. The largest absolute Gasteiger partial charge is 0.378 e. The van der Waals surface area contributed by atoms with Crippen LogP contribution in [0.1, 0.15) is 46.0 Å². The molecule has 1 aliphatic rings. The van der Waals surface area contributed by atoms with Gasteiger partial charge in [0.15, 0.2) is 0 Å². The van der Waals surface area contributed by atoms with E-state index in [4.69, 9.17) is 4.74 Å². The molecule has 0 aromatic rings. The predicted octanol–water partition coefficient (Wildman–Crippen LogP) is 2.56. The number of ether oxygens (including phenoxy) is 1. The van der Waals surface area contributed by atoms with E-state index in [9.17, 15) is 4.79 Å². The Morgan fingerprint density at radius 2 is 2.31 bits per heavy atom. The van der Waals surface area contributed by atoms with Gasteiger partial charge in [-0.2, -0.15) is 0 Å². The first-order valence-electron chi connectivity index (χ1n) is 5.37. The fraction of sp³-hybridized carbons (Fsp3) is 0.909. The van der Waals surface area contributed by atoms with Crippen LogP contribution in [0.15, 0.2) is 0 Å². The Kier molecular flexibility index (Phi) is 4.43. The van der Waals surface area contributed by atoms with Gasteiger partial charge in [0, 0.05) is 19.4 Å². The van der Waals surface area contributed by atoms with Crippen LogP contribution in [0.2, 0.25) is 0 Å². The average Bonchev–Trinajstić information content (AvgIpc) is 2.09. The average molecular weight is 184 g/mol. The molecule has 0 heterocycles. The molecule has 0 aliphatic heterocycles. The van der Waals surface area contributed by atoms with Gasteiger partial charge in [0.05, 0.1) is 6.10 Å². The Morgan fingerprint density at radius 1 is 1.54 bits per heavy atom. The molecule has 2 heteroatoms. The summed E-state index contributed by atoms with van der Waals surface area (Å²) in [6.45, 7) is 5.14. The molecule has 0 amide bonds. The molecule has 0 saturated heterocycles. The lowest BCUT2D eigenvalue weighted by molar-refractivity contribution is -0.125. The summed E-state index contributed by atoms with van der Waals surface area (Å²) in [6.07, 6.45) is 5.03. The molecule has 0 aromatic carbocycles. The fourth-order valence-electron chi connectivity index (χ4n) is 1.81. The molecule has 2 unspecified atom stereocenters. The van der Waals surface area contributed by atoms with Gasteiger partial charge in [-0.3, -0.25) is 4.79 Å². The summed E-state index contributed by atoms with van der Waals surface area (Å²) in [7, 11) is 0. The lowest BCUT2D eigenvalue weighted by Crippen LogP contribution is -2.30. The van der Waals surface area contributed by atoms with Gasteiger partial charge in [-0.15, -0.1) is 0 Å². The highest BCUT2D eigenvalue weighted by molar-refractivity contribution is 5.79. The molecule has 0 radical (unpaired) electrons. The lowest BCUT2D eigenvalue weighted by Gasteiger charge is -2.27. The Hall–Kier alpha value is -0.370. The summed E-state index contributed by atoms with van der Waals surface area (Å²) >= 11 is 0. The second-order valence-corrected chi connectivity index (χ2v) is 4.02. The van der Waals surface area contributed by atoms with Gasteiger partial charge in [0.2, 0.25) is 0 Å². The first kappa shape index (κ1) is 10.7. The molecule has 1 rings (SSSR count). The van der Waals surface area contributed by atoms with Gasteiger partial charge >= 0.3 is 0 Å². The number of carbonyl (C=O) groups excluding carboxylic acids is 1. The normalized spacial score (nSPS) is 29.2. The monoisotopic (exact) mass is 184 g/mol. The Bertz CT molecular complexity index is 165. The first-order chi connectivity index (χ1) is 6.24. The third-order valence-electron chi connectivity index (χ3n) is 2.72. The summed E-state index contributed by atoms with van der Waals surface area (Å²) < 4.78 is 5.73.